The average Bonchev–Trinajstić information content (AvgIpc) is 1.59. The lowest BCUT2D eigenvalue weighted by Gasteiger charge is -2.31. The van der Waals surface area contributed by atoms with Crippen LogP contribution < -0.4 is 45.1 Å². The average molecular weight is 1470 g/mol. The standard InChI is InChI=1S/C70H101BrN8O21/c1-46(2)64(76-62(80)15-19-90-21-23-92-25-27-94-29-31-96-33-34-97-32-30-95-28-26-93-24-22-91-20-16-72-63(81)41-71)66(83)74-49(5)65(82)75-51-13-11-50(12-14-51)45-100-70(87)79-56-40-61(59(89-7)38-54(56)68(85)78-44-48(4)36-57(78)69(79)86)99-18-10-8-9-17-98-60-39-55-53(37-58(60)88-6)67(84)77-43-47(3)35-52(77)42-73-55/h11-14,37-40,42-44,46,49,52,57,63-64,67,69,72,81,84,86H,8-10,15-36,41,45H2,1-7H3,(H,74,83)(H,75,82)(H,76,80). The normalized spacial score (nSPS) is 17.8. The van der Waals surface area contributed by atoms with Crippen molar-refractivity contribution in [3.8, 4) is 23.0 Å². The third-order valence-corrected chi connectivity index (χ3v) is 17.0. The Kier molecular flexibility index (Phi) is 34.5. The van der Waals surface area contributed by atoms with Gasteiger partial charge in [-0.3, -0.25) is 29.5 Å². The van der Waals surface area contributed by atoms with Crippen LogP contribution in [0.25, 0.3) is 0 Å². The summed E-state index contributed by atoms with van der Waals surface area (Å²) in [6.45, 7) is 16.1. The molecule has 4 aliphatic rings. The van der Waals surface area contributed by atoms with Crippen LogP contribution >= 0.6 is 15.9 Å². The molecule has 4 heterocycles. The van der Waals surface area contributed by atoms with Crippen LogP contribution in [0.4, 0.5) is 21.9 Å². The van der Waals surface area contributed by atoms with Crippen LogP contribution in [0.15, 0.2) is 77.1 Å². The summed E-state index contributed by atoms with van der Waals surface area (Å²) in [7, 11) is 3.00. The summed E-state index contributed by atoms with van der Waals surface area (Å²) >= 11 is 3.18. The highest BCUT2D eigenvalue weighted by Gasteiger charge is 2.45. The molecule has 0 saturated carbocycles. The molecule has 4 aliphatic heterocycles. The summed E-state index contributed by atoms with van der Waals surface area (Å²) in [6.07, 6.45) is 4.63. The molecule has 0 radical (unpaired) electrons. The molecule has 29 nitrogen and oxygen atoms in total. The van der Waals surface area contributed by atoms with E-state index in [0.717, 1.165) is 16.9 Å². The summed E-state index contributed by atoms with van der Waals surface area (Å²) < 4.78 is 73.6. The van der Waals surface area contributed by atoms with Gasteiger partial charge in [0, 0.05) is 60.3 Å². The number of anilines is 2. The molecule has 7 rings (SSSR count). The summed E-state index contributed by atoms with van der Waals surface area (Å²) in [5.41, 5.74) is 4.32. The van der Waals surface area contributed by atoms with E-state index in [9.17, 15) is 39.3 Å². The lowest BCUT2D eigenvalue weighted by atomic mass is 10.0. The molecule has 554 valence electrons. The van der Waals surface area contributed by atoms with Crippen LogP contribution in [0.5, 0.6) is 23.0 Å². The molecule has 7 N–H and O–H groups in total. The zero-order valence-corrected chi connectivity index (χ0v) is 60.0. The van der Waals surface area contributed by atoms with Crippen molar-refractivity contribution in [2.75, 3.05) is 155 Å². The highest BCUT2D eigenvalue weighted by molar-refractivity contribution is 9.09. The van der Waals surface area contributed by atoms with E-state index in [2.05, 4.69) is 42.2 Å². The van der Waals surface area contributed by atoms with Gasteiger partial charge in [0.2, 0.25) is 17.7 Å². The van der Waals surface area contributed by atoms with Crippen molar-refractivity contribution in [1.29, 1.82) is 0 Å². The van der Waals surface area contributed by atoms with Gasteiger partial charge in [0.1, 0.15) is 24.9 Å². The fourth-order valence-electron chi connectivity index (χ4n) is 11.0. The molecule has 7 unspecified atom stereocenters. The third kappa shape index (κ3) is 25.2. The van der Waals surface area contributed by atoms with Gasteiger partial charge in [0.15, 0.2) is 35.5 Å². The maximum atomic E-state index is 14.3. The molecule has 0 bridgehead atoms. The minimum atomic E-state index is -1.52. The van der Waals surface area contributed by atoms with Crippen molar-refractivity contribution < 1.29 is 101 Å². The van der Waals surface area contributed by atoms with Crippen LogP contribution in [0, 0.1) is 5.92 Å². The Labute approximate surface area is 593 Å². The molecule has 0 spiro atoms. The number of aliphatic imine (C=N–C) groups is 1. The maximum absolute atomic E-state index is 14.3. The van der Waals surface area contributed by atoms with E-state index in [4.69, 9.17) is 61.6 Å². The second-order valence-corrected chi connectivity index (χ2v) is 25.1. The molecule has 3 aromatic rings. The summed E-state index contributed by atoms with van der Waals surface area (Å²) in [5.74, 6) is -0.729. The molecule has 0 fully saturated rings. The number of hydrogen-bond donors (Lipinski definition) is 7. The Morgan fingerprint density at radius 2 is 1.20 bits per heavy atom. The monoisotopic (exact) mass is 1470 g/mol. The van der Waals surface area contributed by atoms with E-state index in [-0.39, 0.29) is 67.6 Å². The van der Waals surface area contributed by atoms with Gasteiger partial charge in [-0.1, -0.05) is 53.1 Å². The Balaban J connectivity index is 0.756. The molecule has 3 aromatic carbocycles. The first-order chi connectivity index (χ1) is 48.4. The van der Waals surface area contributed by atoms with E-state index in [1.54, 1.807) is 63.6 Å². The predicted octanol–water partition coefficient (Wildman–Crippen LogP) is 6.02. The van der Waals surface area contributed by atoms with Crippen LogP contribution in [0.1, 0.15) is 101 Å². The number of nitrogens with zero attached hydrogens (tertiary/aromatic N) is 4. The zero-order chi connectivity index (χ0) is 71.8. The zero-order valence-electron chi connectivity index (χ0n) is 58.4. The highest BCUT2D eigenvalue weighted by Crippen LogP contribution is 2.44. The Bertz CT molecular complexity index is 3160. The number of amides is 5. The number of alkyl halides is 1. The molecule has 5 amide bonds. The van der Waals surface area contributed by atoms with Gasteiger partial charge in [-0.15, -0.1) is 0 Å². The highest BCUT2D eigenvalue weighted by atomic mass is 79.9. The van der Waals surface area contributed by atoms with E-state index >= 15 is 0 Å². The van der Waals surface area contributed by atoms with Crippen molar-refractivity contribution in [2.24, 2.45) is 10.9 Å². The van der Waals surface area contributed by atoms with Gasteiger partial charge in [0.05, 0.1) is 162 Å². The van der Waals surface area contributed by atoms with Gasteiger partial charge < -0.3 is 103 Å². The lowest BCUT2D eigenvalue weighted by Crippen LogP contribution is -2.53. The Morgan fingerprint density at radius 1 is 0.650 bits per heavy atom. The van der Waals surface area contributed by atoms with Gasteiger partial charge in [-0.05, 0) is 88.6 Å². The quantitative estimate of drug-likeness (QED) is 0.0193. The minimum Gasteiger partial charge on any atom is -0.493 e. The number of ether oxygens (including phenoxy) is 13. The molecule has 0 aliphatic carbocycles. The molecule has 100 heavy (non-hydrogen) atoms. The van der Waals surface area contributed by atoms with Crippen molar-refractivity contribution in [3.63, 3.8) is 0 Å². The maximum Gasteiger partial charge on any atom is 0.416 e. The first-order valence-corrected chi connectivity index (χ1v) is 35.1. The van der Waals surface area contributed by atoms with E-state index in [1.165, 1.54) is 36.6 Å². The number of carbonyl (C=O) groups excluding carboxylic acids is 5. The molecule has 30 heteroatoms. The second-order valence-electron chi connectivity index (χ2n) is 24.5. The smallest absolute Gasteiger partial charge is 0.416 e. The number of aliphatic hydroxyl groups excluding tert-OH is 3. The number of aliphatic hydroxyl groups is 3. The number of halogens is 1. The Morgan fingerprint density at radius 3 is 1.77 bits per heavy atom. The number of unbranched alkanes of at least 4 members (excludes halogenated alkanes) is 2. The number of benzene rings is 3. The number of methoxy groups -OCH3 is 2. The van der Waals surface area contributed by atoms with Crippen molar-refractivity contribution >= 4 is 68.9 Å². The number of nitrogens with one attached hydrogen (secondary N) is 4. The molecule has 7 atom stereocenters. The van der Waals surface area contributed by atoms with Crippen LogP contribution in [-0.4, -0.2) is 243 Å². The number of rotatable bonds is 47. The molecular formula is C70H101BrN8O21. The molecular weight excluding hydrogens is 1370 g/mol. The van der Waals surface area contributed by atoms with Crippen LogP contribution in [0.2, 0.25) is 0 Å². The molecule has 0 aromatic heterocycles. The first-order valence-electron chi connectivity index (χ1n) is 34.0. The fourth-order valence-corrected chi connectivity index (χ4v) is 11.3. The van der Waals surface area contributed by atoms with E-state index in [0.29, 0.717) is 171 Å². The van der Waals surface area contributed by atoms with E-state index in [1.807, 2.05) is 31.2 Å². The van der Waals surface area contributed by atoms with Crippen LogP contribution in [-0.2, 0) is 63.6 Å². The van der Waals surface area contributed by atoms with Gasteiger partial charge in [0.25, 0.3) is 5.91 Å². The number of fused-ring (bicyclic) bond motifs is 4. The topological polar surface area (TPSA) is 336 Å². The number of carbonyl (C=O) groups is 5. The van der Waals surface area contributed by atoms with E-state index < -0.39 is 66.5 Å². The van der Waals surface area contributed by atoms with Crippen LogP contribution in [0.3, 0.4) is 0 Å². The second kappa shape index (κ2) is 43.0. The Hall–Kier alpha value is -7.04. The molecule has 0 saturated heterocycles. The minimum absolute atomic E-state index is 0.00143. The SMILES string of the molecule is COc1cc2c(cc1OCCCCCOc1cc3c(cc1OC)C(=O)N1C=C(C)CC1C(O)N3C(=O)OCc1ccc(NC(=O)C(C)NC(=O)C(NC(=O)CCOCCOCCOCCOCCOCCOCCOCCOCCNC(O)CBr)C(C)C)cc1)N=CC1CC(C)=CN1C2O. The largest absolute Gasteiger partial charge is 0.493 e. The number of hydrogen-bond acceptors (Lipinski definition) is 24. The van der Waals surface area contributed by atoms with Gasteiger partial charge in [-0.2, -0.15) is 0 Å². The van der Waals surface area contributed by atoms with Gasteiger partial charge >= 0.3 is 6.09 Å². The third-order valence-electron chi connectivity index (χ3n) is 16.4. The lowest BCUT2D eigenvalue weighted by molar-refractivity contribution is -0.132. The summed E-state index contributed by atoms with van der Waals surface area (Å²) in [6, 6.07) is 10.3. The summed E-state index contributed by atoms with van der Waals surface area (Å²) in [4.78, 5) is 77.2. The fraction of sp³-hybridized carbons (Fsp3) is 0.600. The predicted molar refractivity (Wildman–Crippen MR) is 373 cm³/mol. The van der Waals surface area contributed by atoms with Crippen molar-refractivity contribution in [1.82, 2.24) is 25.8 Å². The van der Waals surface area contributed by atoms with Crippen molar-refractivity contribution in [2.45, 2.75) is 123 Å². The first kappa shape index (κ1) is 80.3. The van der Waals surface area contributed by atoms with Gasteiger partial charge in [-0.25, -0.2) is 9.69 Å². The summed E-state index contributed by atoms with van der Waals surface area (Å²) in [5, 5.41) is 44.1. The van der Waals surface area contributed by atoms with Crippen molar-refractivity contribution in [3.05, 3.63) is 88.8 Å².